The van der Waals surface area contributed by atoms with Crippen molar-refractivity contribution >= 4 is 0 Å². The number of piperidine rings is 1. The molecule has 2 aliphatic heterocycles. The van der Waals surface area contributed by atoms with E-state index in [1.165, 1.54) is 58.5 Å². The Morgan fingerprint density at radius 1 is 0.917 bits per heavy atom. The fourth-order valence-electron chi connectivity index (χ4n) is 4.49. The molecule has 0 aromatic rings. The second-order valence-electron chi connectivity index (χ2n) is 9.97. The second kappa shape index (κ2) is 8.51. The van der Waals surface area contributed by atoms with Gasteiger partial charge >= 0.3 is 0 Å². The van der Waals surface area contributed by atoms with E-state index in [4.69, 9.17) is 0 Å². The van der Waals surface area contributed by atoms with Gasteiger partial charge in [0.1, 0.15) is 0 Å². The van der Waals surface area contributed by atoms with Crippen molar-refractivity contribution < 1.29 is 0 Å². The first-order chi connectivity index (χ1) is 11.2. The maximum Gasteiger partial charge on any atom is 0.0226 e. The van der Waals surface area contributed by atoms with E-state index in [1.807, 2.05) is 0 Å². The minimum atomic E-state index is 0.309. The fraction of sp³-hybridized carbons (Fsp3) is 1.00. The van der Waals surface area contributed by atoms with Crippen LogP contribution in [0, 0.1) is 11.8 Å². The summed E-state index contributed by atoms with van der Waals surface area (Å²) in [5, 5.41) is 0. The Morgan fingerprint density at radius 3 is 2.04 bits per heavy atom. The summed E-state index contributed by atoms with van der Waals surface area (Å²) in [6.07, 6.45) is 4.13. The fourth-order valence-corrected chi connectivity index (χ4v) is 4.49. The maximum atomic E-state index is 2.85. The molecule has 0 amide bonds. The van der Waals surface area contributed by atoms with E-state index in [2.05, 4.69) is 63.2 Å². The Hall–Kier alpha value is -0.120. The molecule has 2 saturated heterocycles. The SMILES string of the molecule is CC(C)C[C@@H]1CN(C(C)(C)C)CCN1CC1CCN(C(C)C)CC1. The highest BCUT2D eigenvalue weighted by Gasteiger charge is 2.34. The summed E-state index contributed by atoms with van der Waals surface area (Å²) in [6.45, 7) is 24.3. The lowest BCUT2D eigenvalue weighted by atomic mass is 9.92. The molecule has 2 fully saturated rings. The molecule has 0 radical (unpaired) electrons. The van der Waals surface area contributed by atoms with Gasteiger partial charge in [-0.25, -0.2) is 0 Å². The minimum absolute atomic E-state index is 0.309. The van der Waals surface area contributed by atoms with Crippen LogP contribution >= 0.6 is 0 Å². The molecule has 2 rings (SSSR count). The lowest BCUT2D eigenvalue weighted by Crippen LogP contribution is -2.59. The van der Waals surface area contributed by atoms with Gasteiger partial charge in [-0.15, -0.1) is 0 Å². The quantitative estimate of drug-likeness (QED) is 0.752. The van der Waals surface area contributed by atoms with Gasteiger partial charge in [-0.3, -0.25) is 9.80 Å². The maximum absolute atomic E-state index is 2.85. The van der Waals surface area contributed by atoms with Crippen LogP contribution in [-0.4, -0.2) is 71.6 Å². The van der Waals surface area contributed by atoms with Crippen molar-refractivity contribution in [2.75, 3.05) is 39.3 Å². The molecule has 1 atom stereocenters. The van der Waals surface area contributed by atoms with Gasteiger partial charge in [0, 0.05) is 43.8 Å². The van der Waals surface area contributed by atoms with Crippen molar-refractivity contribution in [1.29, 1.82) is 0 Å². The second-order valence-corrected chi connectivity index (χ2v) is 9.97. The predicted molar refractivity (Wildman–Crippen MR) is 106 cm³/mol. The van der Waals surface area contributed by atoms with E-state index in [1.54, 1.807) is 0 Å². The molecule has 0 spiro atoms. The van der Waals surface area contributed by atoms with Crippen molar-refractivity contribution in [1.82, 2.24) is 14.7 Å². The van der Waals surface area contributed by atoms with Crippen molar-refractivity contribution in [2.24, 2.45) is 11.8 Å². The molecule has 0 bridgehead atoms. The van der Waals surface area contributed by atoms with Crippen LogP contribution in [0.1, 0.15) is 67.7 Å². The molecule has 0 aliphatic carbocycles. The lowest BCUT2D eigenvalue weighted by Gasteiger charge is -2.48. The van der Waals surface area contributed by atoms with Gasteiger partial charge in [-0.1, -0.05) is 13.8 Å². The van der Waals surface area contributed by atoms with Crippen LogP contribution < -0.4 is 0 Å². The van der Waals surface area contributed by atoms with Crippen molar-refractivity contribution in [2.45, 2.75) is 85.4 Å². The van der Waals surface area contributed by atoms with E-state index >= 15 is 0 Å². The largest absolute Gasteiger partial charge is 0.301 e. The Kier molecular flexibility index (Phi) is 7.16. The third-order valence-corrected chi connectivity index (χ3v) is 6.17. The highest BCUT2D eigenvalue weighted by atomic mass is 15.3. The molecule has 3 heteroatoms. The molecule has 142 valence electrons. The van der Waals surface area contributed by atoms with Crippen LogP contribution in [0.4, 0.5) is 0 Å². The Labute approximate surface area is 151 Å². The molecule has 0 aromatic carbocycles. The predicted octanol–water partition coefficient (Wildman–Crippen LogP) is 3.94. The van der Waals surface area contributed by atoms with Crippen LogP contribution in [0.25, 0.3) is 0 Å². The summed E-state index contributed by atoms with van der Waals surface area (Å²) in [5.41, 5.74) is 0.309. The van der Waals surface area contributed by atoms with Crippen LogP contribution in [0.2, 0.25) is 0 Å². The highest BCUT2D eigenvalue weighted by molar-refractivity contribution is 4.90. The molecule has 0 aromatic heterocycles. The standard InChI is InChI=1S/C21H43N3/c1-17(2)14-20-16-24(21(5,6)7)13-12-23(20)15-19-8-10-22(11-9-19)18(3)4/h17-20H,8-16H2,1-7H3/t20-/m1/s1. The molecule has 0 saturated carbocycles. The summed E-state index contributed by atoms with van der Waals surface area (Å²) in [6, 6.07) is 1.47. The van der Waals surface area contributed by atoms with Gasteiger partial charge in [0.25, 0.3) is 0 Å². The number of nitrogens with zero attached hydrogens (tertiary/aromatic N) is 3. The molecular formula is C21H43N3. The van der Waals surface area contributed by atoms with E-state index in [9.17, 15) is 0 Å². The molecule has 0 unspecified atom stereocenters. The monoisotopic (exact) mass is 337 g/mol. The van der Waals surface area contributed by atoms with E-state index in [0.29, 0.717) is 5.54 Å². The molecule has 2 heterocycles. The van der Waals surface area contributed by atoms with Gasteiger partial charge in [0.2, 0.25) is 0 Å². The number of likely N-dealkylation sites (tertiary alicyclic amines) is 1. The summed E-state index contributed by atoms with van der Waals surface area (Å²) in [5.74, 6) is 1.70. The van der Waals surface area contributed by atoms with Crippen LogP contribution in [0.3, 0.4) is 0 Å². The number of hydrogen-bond acceptors (Lipinski definition) is 3. The van der Waals surface area contributed by atoms with Crippen LogP contribution in [0.5, 0.6) is 0 Å². The number of hydrogen-bond donors (Lipinski definition) is 0. The number of rotatable bonds is 5. The van der Waals surface area contributed by atoms with Crippen LogP contribution in [0.15, 0.2) is 0 Å². The molecule has 2 aliphatic rings. The van der Waals surface area contributed by atoms with Crippen molar-refractivity contribution in [3.63, 3.8) is 0 Å². The Bertz CT molecular complexity index is 364. The average molecular weight is 338 g/mol. The van der Waals surface area contributed by atoms with Crippen LogP contribution in [-0.2, 0) is 0 Å². The Balaban J connectivity index is 1.91. The van der Waals surface area contributed by atoms with E-state index in [0.717, 1.165) is 23.9 Å². The third-order valence-electron chi connectivity index (χ3n) is 6.17. The normalized spacial score (nSPS) is 26.6. The van der Waals surface area contributed by atoms with Crippen molar-refractivity contribution in [3.8, 4) is 0 Å². The van der Waals surface area contributed by atoms with Gasteiger partial charge in [-0.2, -0.15) is 0 Å². The van der Waals surface area contributed by atoms with Gasteiger partial charge in [-0.05, 0) is 78.8 Å². The zero-order valence-corrected chi connectivity index (χ0v) is 17.5. The van der Waals surface area contributed by atoms with Gasteiger partial charge in [0.05, 0.1) is 0 Å². The zero-order valence-electron chi connectivity index (χ0n) is 17.5. The third kappa shape index (κ3) is 5.71. The number of piperazine rings is 1. The van der Waals surface area contributed by atoms with E-state index in [-0.39, 0.29) is 0 Å². The smallest absolute Gasteiger partial charge is 0.0226 e. The molecule has 3 nitrogen and oxygen atoms in total. The zero-order chi connectivity index (χ0) is 17.9. The molecule has 0 N–H and O–H groups in total. The first-order valence-electron chi connectivity index (χ1n) is 10.4. The van der Waals surface area contributed by atoms with E-state index < -0.39 is 0 Å². The van der Waals surface area contributed by atoms with Gasteiger partial charge in [0.15, 0.2) is 0 Å². The lowest BCUT2D eigenvalue weighted by molar-refractivity contribution is 0.00109. The first kappa shape index (κ1) is 20.2. The topological polar surface area (TPSA) is 9.72 Å². The summed E-state index contributed by atoms with van der Waals surface area (Å²) in [4.78, 5) is 8.20. The summed E-state index contributed by atoms with van der Waals surface area (Å²) >= 11 is 0. The minimum Gasteiger partial charge on any atom is -0.301 e. The molecule has 24 heavy (non-hydrogen) atoms. The average Bonchev–Trinajstić information content (AvgIpc) is 2.48. The Morgan fingerprint density at radius 2 is 1.54 bits per heavy atom. The van der Waals surface area contributed by atoms with Crippen molar-refractivity contribution in [3.05, 3.63) is 0 Å². The first-order valence-corrected chi connectivity index (χ1v) is 10.4. The highest BCUT2D eigenvalue weighted by Crippen LogP contribution is 2.26. The summed E-state index contributed by atoms with van der Waals surface area (Å²) < 4.78 is 0. The van der Waals surface area contributed by atoms with Gasteiger partial charge < -0.3 is 4.90 Å². The molecular weight excluding hydrogens is 294 g/mol. The summed E-state index contributed by atoms with van der Waals surface area (Å²) in [7, 11) is 0.